The number of amides is 1. The summed E-state index contributed by atoms with van der Waals surface area (Å²) in [7, 11) is 0. The fraction of sp³-hybridized carbons (Fsp3) is 0.222. The maximum absolute atomic E-state index is 12.8. The number of halogens is 2. The van der Waals surface area contributed by atoms with Crippen molar-refractivity contribution < 1.29 is 9.90 Å². The molecular weight excluding hydrogens is 347 g/mol. The summed E-state index contributed by atoms with van der Waals surface area (Å²) in [4.78, 5) is 14.2. The summed E-state index contributed by atoms with van der Waals surface area (Å²) >= 11 is 11.9. The fourth-order valence-electron chi connectivity index (χ4n) is 3.19. The van der Waals surface area contributed by atoms with Gasteiger partial charge in [0.15, 0.2) is 0 Å². The lowest BCUT2D eigenvalue weighted by atomic mass is 9.75. The third kappa shape index (κ3) is 2.87. The minimum Gasteiger partial charge on any atom is -0.394 e. The SMILES string of the molecule is N#C[C@H]1[C@@H](c2ccccc2)[C@@H](CO)N1C(=O)c1cc(Cl)cc(Cl)c1. The van der Waals surface area contributed by atoms with Crippen LogP contribution in [0.15, 0.2) is 48.5 Å². The summed E-state index contributed by atoms with van der Waals surface area (Å²) in [6.45, 7) is -0.224. The molecule has 0 saturated carbocycles. The van der Waals surface area contributed by atoms with E-state index >= 15 is 0 Å². The van der Waals surface area contributed by atoms with Gasteiger partial charge < -0.3 is 10.0 Å². The smallest absolute Gasteiger partial charge is 0.255 e. The number of carbonyl (C=O) groups excluding carboxylic acids is 1. The maximum atomic E-state index is 12.8. The van der Waals surface area contributed by atoms with E-state index < -0.39 is 12.1 Å². The highest BCUT2D eigenvalue weighted by molar-refractivity contribution is 6.35. The lowest BCUT2D eigenvalue weighted by molar-refractivity contribution is -0.00585. The molecule has 1 N–H and O–H groups in total. The van der Waals surface area contributed by atoms with Crippen molar-refractivity contribution in [2.75, 3.05) is 6.61 Å². The second kappa shape index (κ2) is 6.82. The largest absolute Gasteiger partial charge is 0.394 e. The predicted octanol–water partition coefficient (Wildman–Crippen LogP) is 3.49. The molecule has 6 heteroatoms. The molecule has 1 heterocycles. The third-order valence-corrected chi connectivity index (χ3v) is 4.70. The quantitative estimate of drug-likeness (QED) is 0.910. The van der Waals surface area contributed by atoms with Crippen LogP contribution in [0.1, 0.15) is 21.8 Å². The molecule has 1 saturated heterocycles. The summed E-state index contributed by atoms with van der Waals surface area (Å²) in [5, 5.41) is 20.0. The Labute approximate surface area is 149 Å². The summed E-state index contributed by atoms with van der Waals surface area (Å²) in [6.07, 6.45) is 0. The van der Waals surface area contributed by atoms with Gasteiger partial charge in [0, 0.05) is 21.5 Å². The van der Waals surface area contributed by atoms with Gasteiger partial charge in [-0.15, -0.1) is 0 Å². The van der Waals surface area contributed by atoms with Crippen molar-refractivity contribution in [1.82, 2.24) is 4.90 Å². The van der Waals surface area contributed by atoms with Crippen LogP contribution in [0.4, 0.5) is 0 Å². The van der Waals surface area contributed by atoms with Crippen LogP contribution in [0, 0.1) is 11.3 Å². The highest BCUT2D eigenvalue weighted by Gasteiger charge is 2.51. The first-order chi connectivity index (χ1) is 11.6. The first-order valence-corrected chi connectivity index (χ1v) is 8.16. The van der Waals surface area contributed by atoms with Crippen molar-refractivity contribution in [2.24, 2.45) is 0 Å². The Morgan fingerprint density at radius 3 is 2.33 bits per heavy atom. The fourth-order valence-corrected chi connectivity index (χ4v) is 3.71. The van der Waals surface area contributed by atoms with Crippen LogP contribution >= 0.6 is 23.2 Å². The molecule has 0 unspecified atom stereocenters. The van der Waals surface area contributed by atoms with Gasteiger partial charge in [0.2, 0.25) is 0 Å². The van der Waals surface area contributed by atoms with Gasteiger partial charge >= 0.3 is 0 Å². The van der Waals surface area contributed by atoms with Crippen LogP contribution in [-0.2, 0) is 0 Å². The first-order valence-electron chi connectivity index (χ1n) is 7.41. The van der Waals surface area contributed by atoms with Gasteiger partial charge in [-0.1, -0.05) is 53.5 Å². The molecule has 24 heavy (non-hydrogen) atoms. The normalized spacial score (nSPS) is 22.6. The Bertz CT molecular complexity index is 784. The van der Waals surface area contributed by atoms with Crippen molar-refractivity contribution >= 4 is 29.1 Å². The number of benzene rings is 2. The van der Waals surface area contributed by atoms with Gasteiger partial charge in [0.1, 0.15) is 6.04 Å². The van der Waals surface area contributed by atoms with E-state index in [1.54, 1.807) is 0 Å². The van der Waals surface area contributed by atoms with Gasteiger partial charge in [0.05, 0.1) is 18.7 Å². The molecule has 0 aliphatic carbocycles. The standard InChI is InChI=1S/C18H14Cl2N2O2/c19-13-6-12(7-14(20)8-13)18(24)22-15(9-21)17(16(22)10-23)11-4-2-1-3-5-11/h1-8,15-17,23H,10H2/t15-,16+,17+/m0/s1. The summed E-state index contributed by atoms with van der Waals surface area (Å²) in [5.41, 5.74) is 1.23. The van der Waals surface area contributed by atoms with Crippen molar-refractivity contribution in [2.45, 2.75) is 18.0 Å². The predicted molar refractivity (Wildman–Crippen MR) is 92.1 cm³/mol. The number of aliphatic hydroxyl groups is 1. The zero-order chi connectivity index (χ0) is 17.3. The van der Waals surface area contributed by atoms with E-state index in [4.69, 9.17) is 23.2 Å². The molecule has 1 fully saturated rings. The van der Waals surface area contributed by atoms with Gasteiger partial charge in [-0.25, -0.2) is 0 Å². The van der Waals surface area contributed by atoms with Crippen LogP contribution in [-0.4, -0.2) is 34.6 Å². The van der Waals surface area contributed by atoms with Gasteiger partial charge in [0.25, 0.3) is 5.91 Å². The second-order valence-corrected chi connectivity index (χ2v) is 6.50. The highest BCUT2D eigenvalue weighted by Crippen LogP contribution is 2.41. The Hall–Kier alpha value is -2.06. The summed E-state index contributed by atoms with van der Waals surface area (Å²) in [6, 6.07) is 15.1. The van der Waals surface area contributed by atoms with E-state index in [1.807, 2.05) is 30.3 Å². The van der Waals surface area contributed by atoms with E-state index in [0.29, 0.717) is 15.6 Å². The van der Waals surface area contributed by atoms with E-state index in [0.717, 1.165) is 5.56 Å². The monoisotopic (exact) mass is 360 g/mol. The van der Waals surface area contributed by atoms with Crippen molar-refractivity contribution in [1.29, 1.82) is 5.26 Å². The number of likely N-dealkylation sites (tertiary alicyclic amines) is 1. The zero-order valence-corrected chi connectivity index (χ0v) is 14.1. The molecule has 0 spiro atoms. The van der Waals surface area contributed by atoms with E-state index in [-0.39, 0.29) is 18.4 Å². The molecule has 2 aromatic carbocycles. The average Bonchev–Trinajstić information content (AvgIpc) is 2.54. The second-order valence-electron chi connectivity index (χ2n) is 5.63. The van der Waals surface area contributed by atoms with Gasteiger partial charge in [-0.05, 0) is 23.8 Å². The van der Waals surface area contributed by atoms with Gasteiger partial charge in [-0.3, -0.25) is 4.79 Å². The van der Waals surface area contributed by atoms with Crippen LogP contribution in [0.5, 0.6) is 0 Å². The summed E-state index contributed by atoms with van der Waals surface area (Å²) < 4.78 is 0. The van der Waals surface area contributed by atoms with Crippen LogP contribution < -0.4 is 0 Å². The molecular formula is C18H14Cl2N2O2. The Balaban J connectivity index is 1.93. The molecule has 2 aromatic rings. The third-order valence-electron chi connectivity index (χ3n) is 4.26. The summed E-state index contributed by atoms with van der Waals surface area (Å²) in [5.74, 6) is -0.586. The molecule has 0 bridgehead atoms. The maximum Gasteiger partial charge on any atom is 0.255 e. The van der Waals surface area contributed by atoms with E-state index in [9.17, 15) is 15.2 Å². The van der Waals surface area contributed by atoms with Crippen LogP contribution in [0.2, 0.25) is 10.0 Å². The molecule has 1 aliphatic heterocycles. The number of hydrogen-bond acceptors (Lipinski definition) is 3. The van der Waals surface area contributed by atoms with Crippen molar-refractivity contribution in [3.8, 4) is 6.07 Å². The first kappa shape index (κ1) is 16.8. The lowest BCUT2D eigenvalue weighted by Gasteiger charge is -2.51. The molecule has 3 atom stereocenters. The van der Waals surface area contributed by atoms with Crippen LogP contribution in [0.3, 0.4) is 0 Å². The Kier molecular flexibility index (Phi) is 4.77. The molecule has 1 aliphatic rings. The molecule has 0 radical (unpaired) electrons. The van der Waals surface area contributed by atoms with Crippen LogP contribution in [0.25, 0.3) is 0 Å². The molecule has 1 amide bonds. The molecule has 3 rings (SSSR count). The minimum atomic E-state index is -0.644. The van der Waals surface area contributed by atoms with E-state index in [2.05, 4.69) is 6.07 Å². The topological polar surface area (TPSA) is 64.3 Å². The van der Waals surface area contributed by atoms with Gasteiger partial charge in [-0.2, -0.15) is 5.26 Å². The van der Waals surface area contributed by atoms with E-state index in [1.165, 1.54) is 23.1 Å². The Morgan fingerprint density at radius 1 is 1.17 bits per heavy atom. The highest BCUT2D eigenvalue weighted by atomic mass is 35.5. The molecule has 0 aromatic heterocycles. The number of carbonyl (C=O) groups is 1. The zero-order valence-electron chi connectivity index (χ0n) is 12.6. The number of aliphatic hydroxyl groups excluding tert-OH is 1. The minimum absolute atomic E-state index is 0.222. The van der Waals surface area contributed by atoms with Crippen molar-refractivity contribution in [3.63, 3.8) is 0 Å². The van der Waals surface area contributed by atoms with Crippen molar-refractivity contribution in [3.05, 3.63) is 69.7 Å². The molecule has 122 valence electrons. The number of hydrogen-bond donors (Lipinski definition) is 1. The number of nitriles is 1. The molecule has 4 nitrogen and oxygen atoms in total. The number of rotatable bonds is 3. The average molecular weight is 361 g/mol. The number of nitrogens with zero attached hydrogens (tertiary/aromatic N) is 2. The Morgan fingerprint density at radius 2 is 1.79 bits per heavy atom. The lowest BCUT2D eigenvalue weighted by Crippen LogP contribution is -2.65.